The van der Waals surface area contributed by atoms with Crippen LogP contribution in [-0.4, -0.2) is 24.0 Å². The summed E-state index contributed by atoms with van der Waals surface area (Å²) in [5.41, 5.74) is 1.38. The number of rotatable bonds is 4. The van der Waals surface area contributed by atoms with Gasteiger partial charge in [0.1, 0.15) is 17.3 Å². The molecule has 0 unspecified atom stereocenters. The van der Waals surface area contributed by atoms with Crippen molar-refractivity contribution in [3.05, 3.63) is 87.7 Å². The van der Waals surface area contributed by atoms with Crippen LogP contribution in [0.1, 0.15) is 23.3 Å². The minimum Gasteiger partial charge on any atom is -0.454 e. The number of nitrogens with zero attached hydrogens (tertiary/aromatic N) is 2. The maximum atomic E-state index is 13.0. The molecule has 0 bridgehead atoms. The van der Waals surface area contributed by atoms with Crippen molar-refractivity contribution in [2.75, 3.05) is 23.3 Å². The van der Waals surface area contributed by atoms with E-state index in [-0.39, 0.29) is 11.3 Å². The number of pyridine rings is 1. The van der Waals surface area contributed by atoms with Gasteiger partial charge in [-0.3, -0.25) is 9.59 Å². The van der Waals surface area contributed by atoms with Gasteiger partial charge in [0.15, 0.2) is 11.0 Å². The van der Waals surface area contributed by atoms with Crippen LogP contribution >= 0.6 is 11.6 Å². The molecule has 1 saturated heterocycles. The fraction of sp³-hybridized carbons (Fsp3) is 0.160. The quantitative estimate of drug-likeness (QED) is 0.457. The van der Waals surface area contributed by atoms with E-state index >= 15 is 0 Å². The SMILES string of the molecule is O=C(Nc1cccc2c(=O)cc(-c3ccccc3Cl)oc12)c1cccc(N2CCCC2)n1. The molecule has 32 heavy (non-hydrogen) atoms. The zero-order chi connectivity index (χ0) is 22.1. The summed E-state index contributed by atoms with van der Waals surface area (Å²) in [7, 11) is 0. The number of anilines is 2. The van der Waals surface area contributed by atoms with Crippen molar-refractivity contribution in [2.45, 2.75) is 12.8 Å². The molecule has 1 aliphatic rings. The highest BCUT2D eigenvalue weighted by atomic mass is 35.5. The lowest BCUT2D eigenvalue weighted by Crippen LogP contribution is -2.21. The first kappa shape index (κ1) is 20.3. The zero-order valence-electron chi connectivity index (χ0n) is 17.2. The first-order valence-corrected chi connectivity index (χ1v) is 10.8. The third-order valence-electron chi connectivity index (χ3n) is 5.54. The van der Waals surface area contributed by atoms with Crippen molar-refractivity contribution in [1.29, 1.82) is 0 Å². The normalized spacial score (nSPS) is 13.5. The lowest BCUT2D eigenvalue weighted by molar-refractivity contribution is 0.102. The molecule has 0 atom stereocenters. The number of amides is 1. The van der Waals surface area contributed by atoms with E-state index in [9.17, 15) is 9.59 Å². The van der Waals surface area contributed by atoms with Gasteiger partial charge >= 0.3 is 0 Å². The first-order valence-electron chi connectivity index (χ1n) is 10.5. The molecular weight excluding hydrogens is 426 g/mol. The van der Waals surface area contributed by atoms with Crippen LogP contribution in [0.2, 0.25) is 5.02 Å². The van der Waals surface area contributed by atoms with Gasteiger partial charge in [0.25, 0.3) is 5.91 Å². The third-order valence-corrected chi connectivity index (χ3v) is 5.87. The second-order valence-electron chi connectivity index (χ2n) is 7.67. The van der Waals surface area contributed by atoms with E-state index < -0.39 is 0 Å². The number of hydrogen-bond donors (Lipinski definition) is 1. The monoisotopic (exact) mass is 445 g/mol. The highest BCUT2D eigenvalue weighted by Gasteiger charge is 2.18. The Morgan fingerprint density at radius 1 is 1.00 bits per heavy atom. The molecule has 5 rings (SSSR count). The Hall–Kier alpha value is -3.64. The predicted molar refractivity (Wildman–Crippen MR) is 127 cm³/mol. The largest absolute Gasteiger partial charge is 0.454 e. The maximum absolute atomic E-state index is 13.0. The molecule has 0 saturated carbocycles. The second-order valence-corrected chi connectivity index (χ2v) is 8.07. The van der Waals surface area contributed by atoms with Crippen LogP contribution in [-0.2, 0) is 0 Å². The lowest BCUT2D eigenvalue weighted by Gasteiger charge is -2.16. The summed E-state index contributed by atoms with van der Waals surface area (Å²) in [5.74, 6) is 0.758. The fourth-order valence-corrected chi connectivity index (χ4v) is 4.16. The van der Waals surface area contributed by atoms with Gasteiger partial charge in [-0.1, -0.05) is 35.9 Å². The van der Waals surface area contributed by atoms with Gasteiger partial charge in [-0.05, 0) is 49.2 Å². The number of halogens is 1. The van der Waals surface area contributed by atoms with Crippen molar-refractivity contribution in [3.8, 4) is 11.3 Å². The Balaban J connectivity index is 1.52. The van der Waals surface area contributed by atoms with Crippen molar-refractivity contribution >= 4 is 40.0 Å². The van der Waals surface area contributed by atoms with Crippen LogP contribution in [0.25, 0.3) is 22.3 Å². The van der Waals surface area contributed by atoms with Crippen LogP contribution in [0, 0.1) is 0 Å². The van der Waals surface area contributed by atoms with E-state index in [1.54, 1.807) is 42.5 Å². The average molecular weight is 446 g/mol. The molecule has 1 amide bonds. The number of aromatic nitrogens is 1. The number of para-hydroxylation sites is 1. The molecule has 2 aromatic carbocycles. The molecular formula is C25H20ClN3O3. The van der Waals surface area contributed by atoms with Crippen molar-refractivity contribution in [1.82, 2.24) is 4.98 Å². The molecule has 0 aliphatic carbocycles. The summed E-state index contributed by atoms with van der Waals surface area (Å²) < 4.78 is 6.05. The molecule has 1 aliphatic heterocycles. The van der Waals surface area contributed by atoms with Gasteiger partial charge in [0.05, 0.1) is 16.1 Å². The van der Waals surface area contributed by atoms with Crippen LogP contribution in [0.4, 0.5) is 11.5 Å². The summed E-state index contributed by atoms with van der Waals surface area (Å²) in [6.07, 6.45) is 2.25. The van der Waals surface area contributed by atoms with Gasteiger partial charge in [-0.15, -0.1) is 0 Å². The standard InChI is InChI=1S/C25H20ClN3O3/c26-18-9-2-1-7-16(18)22-15-21(30)17-8-5-10-19(24(17)32-22)28-25(31)20-11-6-12-23(27-20)29-13-3-4-14-29/h1-2,5-12,15H,3-4,13-14H2,(H,28,31). The second kappa shape index (κ2) is 8.48. The lowest BCUT2D eigenvalue weighted by atomic mass is 10.1. The molecule has 2 aromatic heterocycles. The zero-order valence-corrected chi connectivity index (χ0v) is 17.9. The molecule has 0 radical (unpaired) electrons. The Labute approximate surface area is 189 Å². The first-order chi connectivity index (χ1) is 15.6. The highest BCUT2D eigenvalue weighted by molar-refractivity contribution is 6.33. The molecule has 1 N–H and O–H groups in total. The molecule has 7 heteroatoms. The number of hydrogen-bond acceptors (Lipinski definition) is 5. The fourth-order valence-electron chi connectivity index (χ4n) is 3.93. The molecule has 6 nitrogen and oxygen atoms in total. The van der Waals surface area contributed by atoms with Crippen LogP contribution in [0.3, 0.4) is 0 Å². The van der Waals surface area contributed by atoms with Crippen molar-refractivity contribution in [2.24, 2.45) is 0 Å². The van der Waals surface area contributed by atoms with Crippen LogP contribution in [0.15, 0.2) is 75.9 Å². The Morgan fingerprint density at radius 2 is 1.78 bits per heavy atom. The van der Waals surface area contributed by atoms with Crippen molar-refractivity contribution < 1.29 is 9.21 Å². The highest BCUT2D eigenvalue weighted by Crippen LogP contribution is 2.31. The molecule has 4 aromatic rings. The Bertz CT molecular complexity index is 1380. The van der Waals surface area contributed by atoms with E-state index in [1.165, 1.54) is 6.07 Å². The van der Waals surface area contributed by atoms with E-state index in [0.29, 0.717) is 38.7 Å². The van der Waals surface area contributed by atoms with Gasteiger partial charge < -0.3 is 14.6 Å². The summed E-state index contributed by atoms with van der Waals surface area (Å²) in [6, 6.07) is 19.0. The number of nitrogens with one attached hydrogen (secondary N) is 1. The molecule has 0 spiro atoms. The Morgan fingerprint density at radius 3 is 2.59 bits per heavy atom. The van der Waals surface area contributed by atoms with E-state index in [0.717, 1.165) is 31.7 Å². The average Bonchev–Trinajstić information content (AvgIpc) is 3.35. The molecule has 3 heterocycles. The number of carbonyl (C=O) groups excluding carboxylic acids is 1. The topological polar surface area (TPSA) is 75.4 Å². The maximum Gasteiger partial charge on any atom is 0.274 e. The Kier molecular flexibility index (Phi) is 5.37. The molecule has 1 fully saturated rings. The molecule has 160 valence electrons. The van der Waals surface area contributed by atoms with Gasteiger partial charge in [0.2, 0.25) is 0 Å². The third kappa shape index (κ3) is 3.85. The van der Waals surface area contributed by atoms with Crippen molar-refractivity contribution in [3.63, 3.8) is 0 Å². The smallest absolute Gasteiger partial charge is 0.274 e. The summed E-state index contributed by atoms with van der Waals surface area (Å²) in [4.78, 5) is 32.4. The minimum absolute atomic E-state index is 0.216. The number of benzene rings is 2. The summed E-state index contributed by atoms with van der Waals surface area (Å²) in [5, 5.41) is 3.70. The minimum atomic E-state index is -0.371. The van der Waals surface area contributed by atoms with Gasteiger partial charge in [-0.2, -0.15) is 0 Å². The summed E-state index contributed by atoms with van der Waals surface area (Å²) >= 11 is 6.29. The van der Waals surface area contributed by atoms with E-state index in [2.05, 4.69) is 15.2 Å². The van der Waals surface area contributed by atoms with Crippen LogP contribution in [0.5, 0.6) is 0 Å². The predicted octanol–water partition coefficient (Wildman–Crippen LogP) is 5.36. The number of carbonyl (C=O) groups is 1. The van der Waals surface area contributed by atoms with Gasteiger partial charge in [-0.25, -0.2) is 4.98 Å². The number of fused-ring (bicyclic) bond motifs is 1. The summed E-state index contributed by atoms with van der Waals surface area (Å²) in [6.45, 7) is 1.88. The van der Waals surface area contributed by atoms with Gasteiger partial charge in [0, 0.05) is 24.7 Å². The van der Waals surface area contributed by atoms with E-state index in [4.69, 9.17) is 16.0 Å². The van der Waals surface area contributed by atoms with E-state index in [1.807, 2.05) is 18.2 Å². The van der Waals surface area contributed by atoms with Crippen LogP contribution < -0.4 is 15.6 Å².